The summed E-state index contributed by atoms with van der Waals surface area (Å²) in [4.78, 5) is 33.9. The topological polar surface area (TPSA) is 121 Å². The second-order valence-corrected chi connectivity index (χ2v) is 4.74. The zero-order valence-electron chi connectivity index (χ0n) is 11.9. The minimum absolute atomic E-state index is 0.199. The van der Waals surface area contributed by atoms with Gasteiger partial charge in [-0.05, 0) is 18.1 Å². The third-order valence-corrected chi connectivity index (χ3v) is 2.66. The molecule has 4 N–H and O–H groups in total. The fraction of sp³-hybridized carbons (Fsp3) is 0.462. The number of hydrogen-bond donors (Lipinski definition) is 4. The van der Waals surface area contributed by atoms with E-state index < -0.39 is 23.9 Å². The second-order valence-electron chi connectivity index (χ2n) is 4.74. The molecule has 21 heavy (non-hydrogen) atoms. The van der Waals surface area contributed by atoms with Gasteiger partial charge in [-0.1, -0.05) is 13.8 Å². The lowest BCUT2D eigenvalue weighted by atomic mass is 10.1. The first-order chi connectivity index (χ1) is 9.90. The highest BCUT2D eigenvalue weighted by atomic mass is 16.4. The molecule has 0 saturated heterocycles. The molecular weight excluding hydrogens is 278 g/mol. The van der Waals surface area contributed by atoms with E-state index in [1.807, 2.05) is 0 Å². The van der Waals surface area contributed by atoms with Crippen LogP contribution < -0.4 is 16.0 Å². The van der Waals surface area contributed by atoms with E-state index in [0.717, 1.165) is 0 Å². The molecule has 1 aromatic rings. The number of furan rings is 1. The van der Waals surface area contributed by atoms with Gasteiger partial charge in [0.1, 0.15) is 11.8 Å². The molecule has 0 bridgehead atoms. The molecule has 0 aromatic carbocycles. The maximum absolute atomic E-state index is 11.6. The minimum atomic E-state index is -1.11. The maximum Gasteiger partial charge on any atom is 0.326 e. The number of carboxylic acids is 1. The Morgan fingerprint density at radius 2 is 2.00 bits per heavy atom. The number of carboxylic acid groups (broad SMARTS) is 1. The standard InChI is InChI=1S/C13H19N3O5/c1-8(2)11(12(18)19)16-10(17)7-15-13(20)14-6-9-4-3-5-21-9/h3-5,8,11H,6-7H2,1-2H3,(H,16,17)(H,18,19)(H2,14,15,20)/t11-/m1/s1. The van der Waals surface area contributed by atoms with Crippen molar-refractivity contribution in [2.75, 3.05) is 6.54 Å². The first-order valence-corrected chi connectivity index (χ1v) is 6.46. The summed E-state index contributed by atoms with van der Waals surface area (Å²) in [5.74, 6) is -1.34. The lowest BCUT2D eigenvalue weighted by Crippen LogP contribution is -2.49. The van der Waals surface area contributed by atoms with Gasteiger partial charge in [-0.15, -0.1) is 0 Å². The summed E-state index contributed by atoms with van der Waals surface area (Å²) in [7, 11) is 0. The minimum Gasteiger partial charge on any atom is -0.480 e. The largest absolute Gasteiger partial charge is 0.480 e. The van der Waals surface area contributed by atoms with Crippen molar-refractivity contribution in [3.05, 3.63) is 24.2 Å². The summed E-state index contributed by atoms with van der Waals surface area (Å²) in [6.07, 6.45) is 1.49. The van der Waals surface area contributed by atoms with Crippen LogP contribution in [0.5, 0.6) is 0 Å². The number of amides is 3. The highest BCUT2D eigenvalue weighted by Gasteiger charge is 2.23. The third-order valence-electron chi connectivity index (χ3n) is 2.66. The van der Waals surface area contributed by atoms with E-state index in [4.69, 9.17) is 9.52 Å². The summed E-state index contributed by atoms with van der Waals surface area (Å²) in [5, 5.41) is 16.1. The molecule has 0 fully saturated rings. The van der Waals surface area contributed by atoms with Crippen molar-refractivity contribution < 1.29 is 23.9 Å². The van der Waals surface area contributed by atoms with Crippen LogP contribution in [-0.2, 0) is 16.1 Å². The van der Waals surface area contributed by atoms with Gasteiger partial charge in [0, 0.05) is 0 Å². The van der Waals surface area contributed by atoms with Crippen LogP contribution in [0.25, 0.3) is 0 Å². The van der Waals surface area contributed by atoms with Crippen LogP contribution in [0.15, 0.2) is 22.8 Å². The molecule has 116 valence electrons. The van der Waals surface area contributed by atoms with Crippen LogP contribution in [-0.4, -0.2) is 35.6 Å². The third kappa shape index (κ3) is 5.98. The van der Waals surface area contributed by atoms with Crippen molar-refractivity contribution >= 4 is 17.9 Å². The van der Waals surface area contributed by atoms with E-state index in [9.17, 15) is 14.4 Å². The molecule has 0 aliphatic heterocycles. The summed E-state index contributed by atoms with van der Waals surface area (Å²) >= 11 is 0. The number of nitrogens with one attached hydrogen (secondary N) is 3. The van der Waals surface area contributed by atoms with Gasteiger partial charge in [0.25, 0.3) is 0 Å². The Labute approximate surface area is 121 Å². The van der Waals surface area contributed by atoms with Crippen LogP contribution in [0.2, 0.25) is 0 Å². The number of aliphatic carboxylic acids is 1. The summed E-state index contributed by atoms with van der Waals surface area (Å²) in [6, 6.07) is 1.87. The van der Waals surface area contributed by atoms with Gasteiger partial charge in [-0.3, -0.25) is 4.79 Å². The van der Waals surface area contributed by atoms with E-state index in [1.54, 1.807) is 26.0 Å². The molecule has 0 spiro atoms. The summed E-state index contributed by atoms with van der Waals surface area (Å²) in [5.41, 5.74) is 0. The van der Waals surface area contributed by atoms with Crippen molar-refractivity contribution in [3.8, 4) is 0 Å². The predicted molar refractivity (Wildman–Crippen MR) is 73.4 cm³/mol. The van der Waals surface area contributed by atoms with Crippen molar-refractivity contribution in [2.24, 2.45) is 5.92 Å². The monoisotopic (exact) mass is 297 g/mol. The fourth-order valence-electron chi connectivity index (χ4n) is 1.54. The van der Waals surface area contributed by atoms with Crippen molar-refractivity contribution in [2.45, 2.75) is 26.4 Å². The fourth-order valence-corrected chi connectivity index (χ4v) is 1.54. The molecule has 0 aliphatic carbocycles. The average Bonchev–Trinajstić information content (AvgIpc) is 2.92. The first-order valence-electron chi connectivity index (χ1n) is 6.46. The molecule has 0 saturated carbocycles. The molecule has 1 aromatic heterocycles. The number of rotatable bonds is 7. The molecular formula is C13H19N3O5. The zero-order valence-corrected chi connectivity index (χ0v) is 11.9. The number of urea groups is 1. The van der Waals surface area contributed by atoms with E-state index in [2.05, 4.69) is 16.0 Å². The van der Waals surface area contributed by atoms with Gasteiger partial charge < -0.3 is 25.5 Å². The van der Waals surface area contributed by atoms with Crippen LogP contribution in [0.4, 0.5) is 4.79 Å². The molecule has 1 atom stereocenters. The SMILES string of the molecule is CC(C)[C@@H](NC(=O)CNC(=O)NCc1ccco1)C(=O)O. The molecule has 0 unspecified atom stereocenters. The Kier molecular flexibility index (Phi) is 6.25. The van der Waals surface area contributed by atoms with E-state index >= 15 is 0 Å². The lowest BCUT2D eigenvalue weighted by Gasteiger charge is -2.18. The molecule has 0 aliphatic rings. The molecule has 1 heterocycles. The van der Waals surface area contributed by atoms with E-state index in [1.165, 1.54) is 6.26 Å². The normalized spacial score (nSPS) is 11.8. The lowest BCUT2D eigenvalue weighted by molar-refractivity contribution is -0.142. The maximum atomic E-state index is 11.6. The molecule has 0 radical (unpaired) electrons. The Bertz CT molecular complexity index is 484. The van der Waals surface area contributed by atoms with Gasteiger partial charge in [-0.2, -0.15) is 0 Å². The zero-order chi connectivity index (χ0) is 15.8. The van der Waals surface area contributed by atoms with Gasteiger partial charge in [0.15, 0.2) is 0 Å². The van der Waals surface area contributed by atoms with Crippen molar-refractivity contribution in [3.63, 3.8) is 0 Å². The highest BCUT2D eigenvalue weighted by Crippen LogP contribution is 2.01. The number of carbonyl (C=O) groups is 3. The number of hydrogen-bond acceptors (Lipinski definition) is 4. The quantitative estimate of drug-likeness (QED) is 0.577. The Balaban J connectivity index is 2.28. The second kappa shape index (κ2) is 7.93. The molecule has 8 nitrogen and oxygen atoms in total. The highest BCUT2D eigenvalue weighted by molar-refractivity contribution is 5.87. The van der Waals surface area contributed by atoms with E-state index in [0.29, 0.717) is 5.76 Å². The molecule has 3 amide bonds. The van der Waals surface area contributed by atoms with Gasteiger partial charge in [-0.25, -0.2) is 9.59 Å². The average molecular weight is 297 g/mol. The first kappa shape index (κ1) is 16.5. The summed E-state index contributed by atoms with van der Waals surface area (Å²) < 4.78 is 5.03. The Morgan fingerprint density at radius 3 is 2.52 bits per heavy atom. The van der Waals surface area contributed by atoms with Crippen molar-refractivity contribution in [1.29, 1.82) is 0 Å². The molecule has 8 heteroatoms. The van der Waals surface area contributed by atoms with Gasteiger partial charge in [0.05, 0.1) is 19.4 Å². The van der Waals surface area contributed by atoms with Crippen molar-refractivity contribution in [1.82, 2.24) is 16.0 Å². The van der Waals surface area contributed by atoms with Crippen LogP contribution in [0, 0.1) is 5.92 Å². The van der Waals surface area contributed by atoms with E-state index in [-0.39, 0.29) is 19.0 Å². The van der Waals surface area contributed by atoms with Crippen LogP contribution in [0.1, 0.15) is 19.6 Å². The van der Waals surface area contributed by atoms with Gasteiger partial charge in [0.2, 0.25) is 5.91 Å². The van der Waals surface area contributed by atoms with Gasteiger partial charge >= 0.3 is 12.0 Å². The Morgan fingerprint density at radius 1 is 1.29 bits per heavy atom. The summed E-state index contributed by atoms with van der Waals surface area (Å²) in [6.45, 7) is 3.26. The number of carbonyl (C=O) groups excluding carboxylic acids is 2. The smallest absolute Gasteiger partial charge is 0.326 e. The van der Waals surface area contributed by atoms with Crippen LogP contribution >= 0.6 is 0 Å². The Hall–Kier alpha value is -2.51. The molecule has 1 rings (SSSR count). The predicted octanol–water partition coefficient (Wildman–Crippen LogP) is 0.304. The van der Waals surface area contributed by atoms with Crippen LogP contribution in [0.3, 0.4) is 0 Å².